The Morgan fingerprint density at radius 2 is 1.77 bits per heavy atom. The highest BCUT2D eigenvalue weighted by atomic mass is 15.4. The normalized spacial score (nSPS) is 20.9. The van der Waals surface area contributed by atoms with E-state index in [2.05, 4.69) is 42.5 Å². The molecule has 0 amide bonds. The van der Waals surface area contributed by atoms with Crippen LogP contribution in [0.1, 0.15) is 50.6 Å². The summed E-state index contributed by atoms with van der Waals surface area (Å²) in [6.45, 7) is 6.02. The molecule has 3 aromatic heterocycles. The predicted octanol–water partition coefficient (Wildman–Crippen LogP) is 3.14. The molecule has 3 fully saturated rings. The standard InChI is InChI=1S/C26H35N9/c1-2-11-33(10-1)26-16-27-15-24(30-26)25-19-35(32-31-25)18-22-8-9-23(14-29-22)34-12-4-7-21(17-34)28-13-20-5-3-6-20/h8-9,14-16,19-21,28H,1-7,10-13,17-18H2. The fourth-order valence-electron chi connectivity index (χ4n) is 5.34. The highest BCUT2D eigenvalue weighted by molar-refractivity contribution is 5.54. The number of nitrogens with zero attached hydrogens (tertiary/aromatic N) is 8. The topological polar surface area (TPSA) is 87.9 Å². The quantitative estimate of drug-likeness (QED) is 0.534. The Kier molecular flexibility index (Phi) is 6.57. The van der Waals surface area contributed by atoms with Gasteiger partial charge in [-0.3, -0.25) is 9.97 Å². The molecule has 0 spiro atoms. The first-order valence-electron chi connectivity index (χ1n) is 13.2. The molecule has 1 saturated carbocycles. The summed E-state index contributed by atoms with van der Waals surface area (Å²) < 4.78 is 1.82. The van der Waals surface area contributed by atoms with Gasteiger partial charge in [-0.05, 0) is 63.1 Å². The van der Waals surface area contributed by atoms with Gasteiger partial charge in [-0.25, -0.2) is 9.67 Å². The van der Waals surface area contributed by atoms with Gasteiger partial charge in [0.1, 0.15) is 17.2 Å². The Labute approximate surface area is 207 Å². The molecule has 35 heavy (non-hydrogen) atoms. The van der Waals surface area contributed by atoms with Gasteiger partial charge in [0.15, 0.2) is 0 Å². The van der Waals surface area contributed by atoms with Gasteiger partial charge >= 0.3 is 0 Å². The lowest BCUT2D eigenvalue weighted by Crippen LogP contribution is -2.47. The molecular weight excluding hydrogens is 438 g/mol. The Morgan fingerprint density at radius 3 is 2.57 bits per heavy atom. The van der Waals surface area contributed by atoms with Crippen LogP contribution in [-0.2, 0) is 6.54 Å². The Bertz CT molecular complexity index is 1100. The third kappa shape index (κ3) is 5.29. The second-order valence-corrected chi connectivity index (χ2v) is 10.3. The third-order valence-electron chi connectivity index (χ3n) is 7.69. The summed E-state index contributed by atoms with van der Waals surface area (Å²) in [6.07, 6.45) is 16.7. The number of nitrogens with one attached hydrogen (secondary N) is 1. The van der Waals surface area contributed by atoms with Crippen LogP contribution >= 0.6 is 0 Å². The van der Waals surface area contributed by atoms with Gasteiger partial charge in [-0.2, -0.15) is 0 Å². The van der Waals surface area contributed by atoms with E-state index in [0.717, 1.165) is 55.0 Å². The summed E-state index contributed by atoms with van der Waals surface area (Å²) in [5.74, 6) is 1.83. The number of piperidine rings is 1. The summed E-state index contributed by atoms with van der Waals surface area (Å²) >= 11 is 0. The predicted molar refractivity (Wildman–Crippen MR) is 136 cm³/mol. The fourth-order valence-corrected chi connectivity index (χ4v) is 5.34. The van der Waals surface area contributed by atoms with Crippen molar-refractivity contribution in [3.63, 3.8) is 0 Å². The van der Waals surface area contributed by atoms with Gasteiger partial charge in [-0.1, -0.05) is 11.6 Å². The summed E-state index contributed by atoms with van der Waals surface area (Å²) in [5, 5.41) is 12.5. The van der Waals surface area contributed by atoms with Crippen LogP contribution in [0.25, 0.3) is 11.4 Å². The summed E-state index contributed by atoms with van der Waals surface area (Å²) in [4.78, 5) is 18.6. The molecule has 0 aromatic carbocycles. The average Bonchev–Trinajstić information content (AvgIpc) is 3.57. The van der Waals surface area contributed by atoms with E-state index in [0.29, 0.717) is 12.6 Å². The van der Waals surface area contributed by atoms with Crippen molar-refractivity contribution in [1.82, 2.24) is 35.3 Å². The van der Waals surface area contributed by atoms with Gasteiger partial charge in [0.25, 0.3) is 0 Å². The molecule has 2 aliphatic heterocycles. The molecule has 1 atom stereocenters. The highest BCUT2D eigenvalue weighted by Gasteiger charge is 2.23. The van der Waals surface area contributed by atoms with Crippen LogP contribution in [0, 0.1) is 5.92 Å². The maximum atomic E-state index is 4.77. The Balaban J connectivity index is 1.06. The molecule has 3 aliphatic rings. The molecule has 184 valence electrons. The second kappa shape index (κ2) is 10.3. The zero-order valence-corrected chi connectivity index (χ0v) is 20.4. The highest BCUT2D eigenvalue weighted by Crippen LogP contribution is 2.26. The van der Waals surface area contributed by atoms with Gasteiger partial charge in [-0.15, -0.1) is 5.10 Å². The lowest BCUT2D eigenvalue weighted by atomic mass is 9.85. The minimum atomic E-state index is 0.581. The molecule has 0 radical (unpaired) electrons. The van der Waals surface area contributed by atoms with E-state index in [1.165, 1.54) is 57.2 Å². The van der Waals surface area contributed by atoms with Gasteiger partial charge < -0.3 is 15.1 Å². The first kappa shape index (κ1) is 22.4. The number of anilines is 2. The lowest BCUT2D eigenvalue weighted by Gasteiger charge is -2.36. The van der Waals surface area contributed by atoms with Crippen molar-refractivity contribution in [2.75, 3.05) is 42.5 Å². The molecule has 2 saturated heterocycles. The largest absolute Gasteiger partial charge is 0.369 e. The first-order chi connectivity index (χ1) is 17.3. The number of hydrogen-bond donors (Lipinski definition) is 1. The van der Waals surface area contributed by atoms with Gasteiger partial charge in [0.2, 0.25) is 0 Å². The van der Waals surface area contributed by atoms with Crippen molar-refractivity contribution in [2.24, 2.45) is 5.92 Å². The van der Waals surface area contributed by atoms with E-state index in [-0.39, 0.29) is 0 Å². The molecular formula is C26H35N9. The van der Waals surface area contributed by atoms with Crippen molar-refractivity contribution in [1.29, 1.82) is 0 Å². The zero-order chi connectivity index (χ0) is 23.5. The minimum absolute atomic E-state index is 0.581. The molecule has 9 heteroatoms. The summed E-state index contributed by atoms with van der Waals surface area (Å²) in [6, 6.07) is 4.89. The van der Waals surface area contributed by atoms with Crippen molar-refractivity contribution in [3.05, 3.63) is 42.6 Å². The molecule has 5 heterocycles. The van der Waals surface area contributed by atoms with Crippen molar-refractivity contribution >= 4 is 11.5 Å². The molecule has 9 nitrogen and oxygen atoms in total. The number of pyridine rings is 1. The van der Waals surface area contributed by atoms with E-state index < -0.39 is 0 Å². The van der Waals surface area contributed by atoms with Crippen LogP contribution in [0.3, 0.4) is 0 Å². The molecule has 3 aromatic rings. The molecule has 0 bridgehead atoms. The molecule has 1 aliphatic carbocycles. The second-order valence-electron chi connectivity index (χ2n) is 10.3. The van der Waals surface area contributed by atoms with Crippen molar-refractivity contribution < 1.29 is 0 Å². The molecule has 1 N–H and O–H groups in total. The maximum absolute atomic E-state index is 4.77. The van der Waals surface area contributed by atoms with Crippen LogP contribution < -0.4 is 15.1 Å². The van der Waals surface area contributed by atoms with E-state index in [9.17, 15) is 0 Å². The minimum Gasteiger partial charge on any atom is -0.369 e. The van der Waals surface area contributed by atoms with Crippen molar-refractivity contribution in [3.8, 4) is 11.4 Å². The van der Waals surface area contributed by atoms with Crippen LogP contribution in [-0.4, -0.2) is 68.7 Å². The number of aromatic nitrogens is 6. The van der Waals surface area contributed by atoms with E-state index in [1.54, 1.807) is 6.20 Å². The Morgan fingerprint density at radius 1 is 0.886 bits per heavy atom. The fraction of sp³-hybridized carbons (Fsp3) is 0.577. The average molecular weight is 474 g/mol. The lowest BCUT2D eigenvalue weighted by molar-refractivity contribution is 0.280. The van der Waals surface area contributed by atoms with Crippen LogP contribution in [0.2, 0.25) is 0 Å². The maximum Gasteiger partial charge on any atom is 0.147 e. The summed E-state index contributed by atoms with van der Waals surface area (Å²) in [7, 11) is 0. The van der Waals surface area contributed by atoms with E-state index in [4.69, 9.17) is 9.97 Å². The number of rotatable bonds is 8. The zero-order valence-electron chi connectivity index (χ0n) is 20.4. The van der Waals surface area contributed by atoms with E-state index in [1.807, 2.05) is 23.3 Å². The number of hydrogen-bond acceptors (Lipinski definition) is 8. The monoisotopic (exact) mass is 473 g/mol. The van der Waals surface area contributed by atoms with Gasteiger partial charge in [0, 0.05) is 32.2 Å². The van der Waals surface area contributed by atoms with Crippen LogP contribution in [0.15, 0.2) is 36.9 Å². The molecule has 6 rings (SSSR count). The first-order valence-corrected chi connectivity index (χ1v) is 13.2. The van der Waals surface area contributed by atoms with E-state index >= 15 is 0 Å². The van der Waals surface area contributed by atoms with Crippen LogP contribution in [0.5, 0.6) is 0 Å². The third-order valence-corrected chi connectivity index (χ3v) is 7.69. The Hall–Kier alpha value is -3.07. The summed E-state index contributed by atoms with van der Waals surface area (Å²) in [5.41, 5.74) is 3.68. The van der Waals surface area contributed by atoms with Crippen molar-refractivity contribution in [2.45, 2.75) is 57.5 Å². The SMILES string of the molecule is c1cc(Cn2cc(-c3cncc(N4CCCC4)n3)nn2)ncc1N1CCCC(NCC2CCC2)C1. The van der Waals surface area contributed by atoms with Gasteiger partial charge in [0.05, 0.1) is 42.7 Å². The molecule has 1 unspecified atom stereocenters. The smallest absolute Gasteiger partial charge is 0.147 e. The van der Waals surface area contributed by atoms with Crippen LogP contribution in [0.4, 0.5) is 11.5 Å².